The Labute approximate surface area is 99.7 Å². The zero-order valence-electron chi connectivity index (χ0n) is 10.1. The molecule has 0 fully saturated rings. The summed E-state index contributed by atoms with van der Waals surface area (Å²) in [6.07, 6.45) is 0.573. The lowest BCUT2D eigenvalue weighted by atomic mass is 10.2. The number of carbonyl (C=O) groups is 1. The van der Waals surface area contributed by atoms with Gasteiger partial charge >= 0.3 is 0 Å². The summed E-state index contributed by atoms with van der Waals surface area (Å²) in [6.45, 7) is 2.52. The van der Waals surface area contributed by atoms with Crippen LogP contribution in [0.15, 0.2) is 4.52 Å². The van der Waals surface area contributed by atoms with Crippen molar-refractivity contribution in [3.05, 3.63) is 11.7 Å². The van der Waals surface area contributed by atoms with E-state index in [1.165, 1.54) is 7.11 Å². The molecule has 1 rings (SSSR count). The van der Waals surface area contributed by atoms with E-state index >= 15 is 0 Å². The van der Waals surface area contributed by atoms with Gasteiger partial charge in [0, 0.05) is 33.5 Å². The summed E-state index contributed by atoms with van der Waals surface area (Å²) >= 11 is 0. The fourth-order valence-corrected chi connectivity index (χ4v) is 1.30. The molecular formula is C10H18N4O3. The molecule has 0 saturated heterocycles. The van der Waals surface area contributed by atoms with Crippen molar-refractivity contribution in [2.45, 2.75) is 25.9 Å². The van der Waals surface area contributed by atoms with Gasteiger partial charge in [0.1, 0.15) is 0 Å². The molecule has 96 valence electrons. The summed E-state index contributed by atoms with van der Waals surface area (Å²) in [5.41, 5.74) is 5.42. The number of nitrogens with one attached hydrogen (secondary N) is 1. The molecule has 1 atom stereocenters. The minimum absolute atomic E-state index is 0.0949. The van der Waals surface area contributed by atoms with Gasteiger partial charge in [-0.25, -0.2) is 0 Å². The average molecular weight is 242 g/mol. The van der Waals surface area contributed by atoms with Crippen molar-refractivity contribution in [1.29, 1.82) is 0 Å². The van der Waals surface area contributed by atoms with Gasteiger partial charge in [0.25, 0.3) is 0 Å². The molecule has 1 aromatic heterocycles. The predicted octanol–water partition coefficient (Wildman–Crippen LogP) is -0.599. The van der Waals surface area contributed by atoms with Crippen molar-refractivity contribution in [1.82, 2.24) is 15.5 Å². The molecule has 0 aliphatic rings. The van der Waals surface area contributed by atoms with Crippen LogP contribution in [0.5, 0.6) is 0 Å². The van der Waals surface area contributed by atoms with Crippen molar-refractivity contribution in [3.63, 3.8) is 0 Å². The number of methoxy groups -OCH3 is 1. The van der Waals surface area contributed by atoms with Gasteiger partial charge < -0.3 is 20.3 Å². The standard InChI is InChI=1S/C10H18N4O3/c1-7-13-9(14-17-7)3-4-12-10(15)5-8(6-11)16-2/h8H,3-6,11H2,1-2H3,(H,12,15). The second-order valence-corrected chi connectivity index (χ2v) is 3.63. The molecule has 0 saturated carbocycles. The molecule has 7 nitrogen and oxygen atoms in total. The Morgan fingerprint density at radius 1 is 1.65 bits per heavy atom. The fraction of sp³-hybridized carbons (Fsp3) is 0.700. The lowest BCUT2D eigenvalue weighted by Gasteiger charge is -2.11. The average Bonchev–Trinajstić information content (AvgIpc) is 2.72. The lowest BCUT2D eigenvalue weighted by molar-refractivity contribution is -0.123. The van der Waals surface area contributed by atoms with Crippen molar-refractivity contribution in [2.24, 2.45) is 5.73 Å². The van der Waals surface area contributed by atoms with Gasteiger partial charge in [-0.1, -0.05) is 5.16 Å². The summed E-state index contributed by atoms with van der Waals surface area (Å²) in [4.78, 5) is 15.5. The number of nitrogens with zero attached hydrogens (tertiary/aromatic N) is 2. The van der Waals surface area contributed by atoms with E-state index in [1.807, 2.05) is 0 Å². The van der Waals surface area contributed by atoms with Crippen LogP contribution in [-0.4, -0.2) is 42.4 Å². The van der Waals surface area contributed by atoms with E-state index in [4.69, 9.17) is 15.0 Å². The Morgan fingerprint density at radius 2 is 2.41 bits per heavy atom. The zero-order chi connectivity index (χ0) is 12.7. The number of nitrogens with two attached hydrogens (primary N) is 1. The van der Waals surface area contributed by atoms with Crippen LogP contribution >= 0.6 is 0 Å². The first-order valence-corrected chi connectivity index (χ1v) is 5.44. The van der Waals surface area contributed by atoms with Crippen LogP contribution in [0.2, 0.25) is 0 Å². The summed E-state index contributed by atoms with van der Waals surface area (Å²) < 4.78 is 9.82. The number of rotatable bonds is 7. The molecule has 0 aliphatic carbocycles. The maximum Gasteiger partial charge on any atom is 0.223 e. The first kappa shape index (κ1) is 13.6. The van der Waals surface area contributed by atoms with E-state index < -0.39 is 0 Å². The minimum atomic E-state index is -0.234. The van der Waals surface area contributed by atoms with Crippen molar-refractivity contribution in [3.8, 4) is 0 Å². The number of amides is 1. The monoisotopic (exact) mass is 242 g/mol. The molecule has 1 unspecified atom stereocenters. The third-order valence-electron chi connectivity index (χ3n) is 2.25. The zero-order valence-corrected chi connectivity index (χ0v) is 10.1. The molecule has 1 heterocycles. The Kier molecular flexibility index (Phi) is 5.58. The number of aryl methyl sites for hydroxylation is 1. The highest BCUT2D eigenvalue weighted by atomic mass is 16.5. The Bertz CT molecular complexity index is 349. The van der Waals surface area contributed by atoms with Crippen LogP contribution in [0.3, 0.4) is 0 Å². The normalized spacial score (nSPS) is 12.4. The smallest absolute Gasteiger partial charge is 0.223 e. The Hall–Kier alpha value is -1.47. The number of hydrogen-bond acceptors (Lipinski definition) is 6. The molecule has 0 aromatic carbocycles. The highest BCUT2D eigenvalue weighted by Gasteiger charge is 2.11. The molecule has 1 amide bonds. The molecule has 17 heavy (non-hydrogen) atoms. The molecule has 3 N–H and O–H groups in total. The van der Waals surface area contributed by atoms with E-state index in [-0.39, 0.29) is 18.4 Å². The third kappa shape index (κ3) is 4.92. The van der Waals surface area contributed by atoms with Crippen LogP contribution in [0.4, 0.5) is 0 Å². The molecule has 0 spiro atoms. The molecule has 7 heteroatoms. The number of ether oxygens (including phenoxy) is 1. The van der Waals surface area contributed by atoms with Gasteiger partial charge in [0.15, 0.2) is 5.82 Å². The third-order valence-corrected chi connectivity index (χ3v) is 2.25. The first-order chi connectivity index (χ1) is 8.15. The van der Waals surface area contributed by atoms with Crippen LogP contribution < -0.4 is 11.1 Å². The maximum absolute atomic E-state index is 11.5. The van der Waals surface area contributed by atoms with Crippen LogP contribution in [-0.2, 0) is 16.0 Å². The van der Waals surface area contributed by atoms with Gasteiger partial charge in [0.2, 0.25) is 11.8 Å². The second-order valence-electron chi connectivity index (χ2n) is 3.63. The topological polar surface area (TPSA) is 103 Å². The number of carbonyl (C=O) groups excluding carboxylic acids is 1. The minimum Gasteiger partial charge on any atom is -0.380 e. The summed E-state index contributed by atoms with van der Waals surface area (Å²) in [5.74, 6) is 1.02. The lowest BCUT2D eigenvalue weighted by Crippen LogP contribution is -2.33. The summed E-state index contributed by atoms with van der Waals surface area (Å²) in [7, 11) is 1.53. The van der Waals surface area contributed by atoms with Gasteiger partial charge in [-0.2, -0.15) is 4.98 Å². The molecule has 1 aromatic rings. The molecule has 0 radical (unpaired) electrons. The van der Waals surface area contributed by atoms with E-state index in [0.717, 1.165) is 0 Å². The number of hydrogen-bond donors (Lipinski definition) is 2. The van der Waals surface area contributed by atoms with E-state index in [1.54, 1.807) is 6.92 Å². The van der Waals surface area contributed by atoms with Crippen molar-refractivity contribution in [2.75, 3.05) is 20.2 Å². The summed E-state index contributed by atoms with van der Waals surface area (Å²) in [5, 5.41) is 6.47. The van der Waals surface area contributed by atoms with Crippen molar-refractivity contribution >= 4 is 5.91 Å². The van der Waals surface area contributed by atoms with Gasteiger partial charge in [-0.3, -0.25) is 4.79 Å². The summed E-state index contributed by atoms with van der Waals surface area (Å²) in [6, 6.07) is 0. The highest BCUT2D eigenvalue weighted by molar-refractivity contribution is 5.76. The fourth-order valence-electron chi connectivity index (χ4n) is 1.30. The number of aromatic nitrogens is 2. The van der Waals surface area contributed by atoms with Gasteiger partial charge in [-0.05, 0) is 0 Å². The maximum atomic E-state index is 11.5. The van der Waals surface area contributed by atoms with Crippen LogP contribution in [0.1, 0.15) is 18.1 Å². The predicted molar refractivity (Wildman–Crippen MR) is 60.2 cm³/mol. The van der Waals surface area contributed by atoms with Gasteiger partial charge in [0.05, 0.1) is 12.5 Å². The highest BCUT2D eigenvalue weighted by Crippen LogP contribution is 1.96. The molecule has 0 aliphatic heterocycles. The molecular weight excluding hydrogens is 224 g/mol. The van der Waals surface area contributed by atoms with E-state index in [2.05, 4.69) is 15.5 Å². The quantitative estimate of drug-likeness (QED) is 0.661. The van der Waals surface area contributed by atoms with Crippen molar-refractivity contribution < 1.29 is 14.1 Å². The van der Waals surface area contributed by atoms with E-state index in [9.17, 15) is 4.79 Å². The van der Waals surface area contributed by atoms with Gasteiger partial charge in [-0.15, -0.1) is 0 Å². The Morgan fingerprint density at radius 3 is 2.94 bits per heavy atom. The van der Waals surface area contributed by atoms with Crippen LogP contribution in [0.25, 0.3) is 0 Å². The Balaban J connectivity index is 2.20. The SMILES string of the molecule is COC(CN)CC(=O)NCCc1noc(C)n1. The van der Waals surface area contributed by atoms with Crippen LogP contribution in [0, 0.1) is 6.92 Å². The van der Waals surface area contributed by atoms with E-state index in [0.29, 0.717) is 31.2 Å². The second kappa shape index (κ2) is 6.97. The molecule has 0 bridgehead atoms. The largest absolute Gasteiger partial charge is 0.380 e. The first-order valence-electron chi connectivity index (χ1n) is 5.44.